The lowest BCUT2D eigenvalue weighted by atomic mass is 9.78. The van der Waals surface area contributed by atoms with E-state index in [0.717, 1.165) is 0 Å². The molecule has 0 aromatic carbocycles. The minimum atomic E-state index is -0.631. The van der Waals surface area contributed by atoms with E-state index in [-0.39, 0.29) is 11.7 Å². The second kappa shape index (κ2) is 3.61. The molecule has 1 rings (SSSR count). The quantitative estimate of drug-likeness (QED) is 0.651. The molecule has 4 N–H and O–H groups in total. The third kappa shape index (κ3) is 1.41. The van der Waals surface area contributed by atoms with Gasteiger partial charge in [0, 0.05) is 0 Å². The molecule has 0 aromatic rings. The van der Waals surface area contributed by atoms with E-state index in [0.29, 0.717) is 12.8 Å². The molecule has 0 spiro atoms. The average Bonchev–Trinajstić information content (AvgIpc) is 2.11. The van der Waals surface area contributed by atoms with Crippen LogP contribution in [-0.2, 0) is 0 Å². The van der Waals surface area contributed by atoms with Crippen molar-refractivity contribution in [2.45, 2.75) is 19.8 Å². The number of nitrogens with zero attached hydrogens (tertiary/aromatic N) is 2. The van der Waals surface area contributed by atoms with Crippen LogP contribution in [-0.4, -0.2) is 17.7 Å². The van der Waals surface area contributed by atoms with Gasteiger partial charge < -0.3 is 11.5 Å². The van der Waals surface area contributed by atoms with Gasteiger partial charge in [-0.3, -0.25) is 0 Å². The Balaban J connectivity index is 3.17. The van der Waals surface area contributed by atoms with Crippen LogP contribution in [0.15, 0.2) is 22.6 Å². The Hall–Kier alpha value is -1.65. The zero-order valence-corrected chi connectivity index (χ0v) is 8.16. The Morgan fingerprint density at radius 1 is 1.43 bits per heavy atom. The fraction of sp³-hybridized carbons (Fsp3) is 0.444. The fourth-order valence-electron chi connectivity index (χ4n) is 1.54. The first kappa shape index (κ1) is 10.4. The molecule has 0 unspecified atom stereocenters. The van der Waals surface area contributed by atoms with Gasteiger partial charge >= 0.3 is 6.03 Å². The van der Waals surface area contributed by atoms with E-state index in [9.17, 15) is 4.79 Å². The molecule has 5 nitrogen and oxygen atoms in total. The van der Waals surface area contributed by atoms with E-state index >= 15 is 0 Å². The number of amides is 2. The topological polar surface area (TPSA) is 93.8 Å². The van der Waals surface area contributed by atoms with Crippen LogP contribution in [0.3, 0.4) is 0 Å². The lowest BCUT2D eigenvalue weighted by Crippen LogP contribution is -2.49. The molecule has 14 heavy (non-hydrogen) atoms. The Kier molecular flexibility index (Phi) is 2.69. The normalized spacial score (nSPS) is 19.9. The van der Waals surface area contributed by atoms with E-state index < -0.39 is 11.4 Å². The standard InChI is InChI=1S/C9H14N4O/c1-3-5-9(4-2)6(10)12-8(14)13-7(9)11/h3H,1,4-5H2,2H3,(H4,10,11,12,13,14). The van der Waals surface area contributed by atoms with Gasteiger partial charge in [0.1, 0.15) is 11.7 Å². The van der Waals surface area contributed by atoms with Crippen LogP contribution in [0.2, 0.25) is 0 Å². The van der Waals surface area contributed by atoms with Gasteiger partial charge in [0.25, 0.3) is 0 Å². The molecule has 2 amide bonds. The van der Waals surface area contributed by atoms with Gasteiger partial charge in [-0.1, -0.05) is 13.0 Å². The van der Waals surface area contributed by atoms with Crippen molar-refractivity contribution < 1.29 is 4.79 Å². The first-order valence-electron chi connectivity index (χ1n) is 4.41. The van der Waals surface area contributed by atoms with Crippen molar-refractivity contribution in [3.05, 3.63) is 12.7 Å². The van der Waals surface area contributed by atoms with E-state index in [4.69, 9.17) is 11.5 Å². The minimum Gasteiger partial charge on any atom is -0.386 e. The molecule has 1 aliphatic heterocycles. The van der Waals surface area contributed by atoms with E-state index in [1.54, 1.807) is 6.08 Å². The van der Waals surface area contributed by atoms with Gasteiger partial charge in [0.15, 0.2) is 0 Å². The lowest BCUT2D eigenvalue weighted by Gasteiger charge is -2.31. The Morgan fingerprint density at radius 2 is 1.93 bits per heavy atom. The van der Waals surface area contributed by atoms with Gasteiger partial charge in [-0.2, -0.15) is 9.98 Å². The molecule has 0 saturated carbocycles. The average molecular weight is 194 g/mol. The third-order valence-corrected chi connectivity index (χ3v) is 2.51. The molecule has 0 aromatic heterocycles. The number of aliphatic imine (C=N–C) groups is 2. The maximum absolute atomic E-state index is 10.9. The lowest BCUT2D eigenvalue weighted by molar-refractivity contribution is 0.256. The highest BCUT2D eigenvalue weighted by Crippen LogP contribution is 2.30. The van der Waals surface area contributed by atoms with Gasteiger partial charge in [-0.15, -0.1) is 6.58 Å². The monoisotopic (exact) mass is 194 g/mol. The predicted molar refractivity (Wildman–Crippen MR) is 56.2 cm³/mol. The third-order valence-electron chi connectivity index (χ3n) is 2.51. The number of allylic oxidation sites excluding steroid dienone is 1. The van der Waals surface area contributed by atoms with Gasteiger partial charge in [0.2, 0.25) is 0 Å². The summed E-state index contributed by atoms with van der Waals surface area (Å²) in [6, 6.07) is -0.631. The van der Waals surface area contributed by atoms with Crippen molar-refractivity contribution >= 4 is 17.7 Å². The molecule has 0 bridgehead atoms. The number of amidine groups is 2. The number of carbonyl (C=O) groups excluding carboxylic acids is 1. The van der Waals surface area contributed by atoms with E-state index in [1.807, 2.05) is 6.92 Å². The van der Waals surface area contributed by atoms with Crippen molar-refractivity contribution in [2.75, 3.05) is 0 Å². The summed E-state index contributed by atoms with van der Waals surface area (Å²) in [5, 5.41) is 0. The van der Waals surface area contributed by atoms with Crippen molar-refractivity contribution in [3.63, 3.8) is 0 Å². The number of hydrogen-bond donors (Lipinski definition) is 2. The van der Waals surface area contributed by atoms with Crippen LogP contribution in [0, 0.1) is 5.41 Å². The van der Waals surface area contributed by atoms with Crippen LogP contribution in [0.4, 0.5) is 4.79 Å². The van der Waals surface area contributed by atoms with Crippen LogP contribution in [0.25, 0.3) is 0 Å². The SMILES string of the molecule is C=CCC1(CC)C(N)=NC(=O)N=C1N. The highest BCUT2D eigenvalue weighted by molar-refractivity contribution is 6.17. The van der Waals surface area contributed by atoms with Gasteiger partial charge in [0.05, 0.1) is 5.41 Å². The highest BCUT2D eigenvalue weighted by atomic mass is 16.2. The first-order valence-corrected chi connectivity index (χ1v) is 4.41. The van der Waals surface area contributed by atoms with Crippen LogP contribution < -0.4 is 11.5 Å². The van der Waals surface area contributed by atoms with Gasteiger partial charge in [-0.05, 0) is 12.8 Å². The summed E-state index contributed by atoms with van der Waals surface area (Å²) in [5.41, 5.74) is 10.8. The van der Waals surface area contributed by atoms with Gasteiger partial charge in [-0.25, -0.2) is 4.79 Å². The summed E-state index contributed by atoms with van der Waals surface area (Å²) < 4.78 is 0. The number of rotatable bonds is 3. The zero-order chi connectivity index (χ0) is 10.8. The summed E-state index contributed by atoms with van der Waals surface area (Å²) in [7, 11) is 0. The number of urea groups is 1. The second-order valence-electron chi connectivity index (χ2n) is 3.21. The zero-order valence-electron chi connectivity index (χ0n) is 8.16. The Labute approximate surface area is 82.6 Å². The summed E-state index contributed by atoms with van der Waals surface area (Å²) in [6.07, 6.45) is 2.89. The molecule has 0 fully saturated rings. The summed E-state index contributed by atoms with van der Waals surface area (Å²) >= 11 is 0. The van der Waals surface area contributed by atoms with Crippen LogP contribution >= 0.6 is 0 Å². The van der Waals surface area contributed by atoms with Crippen LogP contribution in [0.1, 0.15) is 19.8 Å². The molecular weight excluding hydrogens is 180 g/mol. The molecule has 0 radical (unpaired) electrons. The fourth-order valence-corrected chi connectivity index (χ4v) is 1.54. The van der Waals surface area contributed by atoms with E-state index in [2.05, 4.69) is 16.6 Å². The molecule has 0 atom stereocenters. The molecule has 1 aliphatic rings. The summed E-state index contributed by atoms with van der Waals surface area (Å²) in [4.78, 5) is 18.2. The maximum Gasteiger partial charge on any atom is 0.370 e. The van der Waals surface area contributed by atoms with Crippen molar-refractivity contribution in [1.82, 2.24) is 0 Å². The van der Waals surface area contributed by atoms with E-state index in [1.165, 1.54) is 0 Å². The molecule has 0 aliphatic carbocycles. The Morgan fingerprint density at radius 3 is 2.29 bits per heavy atom. The number of hydrogen-bond acceptors (Lipinski definition) is 3. The minimum absolute atomic E-state index is 0.234. The first-order chi connectivity index (χ1) is 6.56. The Bertz CT molecular complexity index is 308. The molecule has 1 heterocycles. The molecule has 0 saturated heterocycles. The second-order valence-corrected chi connectivity index (χ2v) is 3.21. The van der Waals surface area contributed by atoms with Crippen molar-refractivity contribution in [1.29, 1.82) is 0 Å². The van der Waals surface area contributed by atoms with Crippen molar-refractivity contribution in [3.8, 4) is 0 Å². The van der Waals surface area contributed by atoms with Crippen molar-refractivity contribution in [2.24, 2.45) is 26.9 Å². The smallest absolute Gasteiger partial charge is 0.370 e. The predicted octanol–water partition coefficient (Wildman–Crippen LogP) is 0.807. The molecule has 5 heteroatoms. The number of carbonyl (C=O) groups is 1. The largest absolute Gasteiger partial charge is 0.386 e. The number of nitrogens with two attached hydrogens (primary N) is 2. The van der Waals surface area contributed by atoms with Crippen LogP contribution in [0.5, 0.6) is 0 Å². The molecular formula is C9H14N4O. The highest BCUT2D eigenvalue weighted by Gasteiger charge is 2.39. The molecule has 76 valence electrons. The summed E-state index contributed by atoms with van der Waals surface area (Å²) in [6.45, 7) is 5.55. The summed E-state index contributed by atoms with van der Waals surface area (Å²) in [5.74, 6) is 0.467. The maximum atomic E-state index is 10.9.